The Bertz CT molecular complexity index is 1140. The number of hydrogen-bond donors (Lipinski definition) is 1. The molecular weight excluding hydrogens is 450 g/mol. The van der Waals surface area contributed by atoms with Crippen molar-refractivity contribution in [2.75, 3.05) is 13.2 Å². The average molecular weight is 478 g/mol. The summed E-state index contributed by atoms with van der Waals surface area (Å²) in [6.07, 6.45) is 0.693. The molecule has 0 aliphatic rings. The van der Waals surface area contributed by atoms with Gasteiger partial charge in [-0.2, -0.15) is 0 Å². The Hall–Kier alpha value is -2.53. The lowest BCUT2D eigenvalue weighted by Gasteiger charge is -2.19. The van der Waals surface area contributed by atoms with Crippen LogP contribution in [0.4, 0.5) is 0 Å². The molecule has 8 heteroatoms. The minimum absolute atomic E-state index is 0.147. The van der Waals surface area contributed by atoms with Crippen molar-refractivity contribution in [2.45, 2.75) is 51.5 Å². The highest BCUT2D eigenvalue weighted by molar-refractivity contribution is 7.89. The second kappa shape index (κ2) is 10.9. The van der Waals surface area contributed by atoms with Gasteiger partial charge in [-0.05, 0) is 70.0 Å². The van der Waals surface area contributed by atoms with E-state index in [1.165, 1.54) is 6.07 Å². The first-order chi connectivity index (χ1) is 14.9. The third-order valence-corrected chi connectivity index (χ3v) is 5.79. The number of aryl methyl sites for hydroxylation is 1. The van der Waals surface area contributed by atoms with Gasteiger partial charge in [-0.25, -0.2) is 17.9 Å². The zero-order chi connectivity index (χ0) is 23.9. The van der Waals surface area contributed by atoms with Crippen LogP contribution in [0.25, 0.3) is 0 Å². The number of nitrogens with one attached hydrogen (secondary N) is 1. The van der Waals surface area contributed by atoms with Gasteiger partial charge in [0.15, 0.2) is 6.61 Å². The van der Waals surface area contributed by atoms with Gasteiger partial charge in [0.1, 0.15) is 11.4 Å². The molecule has 2 aromatic rings. The van der Waals surface area contributed by atoms with Gasteiger partial charge >= 0.3 is 5.97 Å². The molecule has 0 aliphatic carbocycles. The Morgan fingerprint density at radius 3 is 2.44 bits per heavy atom. The number of hydrogen-bond acceptors (Lipinski definition) is 5. The fourth-order valence-electron chi connectivity index (χ4n) is 2.59. The second-order valence-corrected chi connectivity index (χ2v) is 10.3. The number of halogens is 1. The summed E-state index contributed by atoms with van der Waals surface area (Å²) in [5.74, 6) is 5.85. The number of ether oxygens (including phenoxy) is 2. The Labute approximate surface area is 195 Å². The van der Waals surface area contributed by atoms with Crippen LogP contribution in [0.15, 0.2) is 41.3 Å². The highest BCUT2D eigenvalue weighted by Gasteiger charge is 2.17. The molecule has 172 valence electrons. The smallest absolute Gasteiger partial charge is 0.344 e. The summed E-state index contributed by atoms with van der Waals surface area (Å²) in [7, 11) is -3.61. The fourth-order valence-corrected chi connectivity index (χ4v) is 3.92. The Balaban J connectivity index is 2.31. The highest BCUT2D eigenvalue weighted by atomic mass is 35.5. The molecule has 1 N–H and O–H groups in total. The monoisotopic (exact) mass is 477 g/mol. The van der Waals surface area contributed by atoms with Gasteiger partial charge in [-0.3, -0.25) is 0 Å². The molecule has 32 heavy (non-hydrogen) atoms. The maximum Gasteiger partial charge on any atom is 0.344 e. The molecule has 0 heterocycles. The van der Waals surface area contributed by atoms with Crippen molar-refractivity contribution in [1.29, 1.82) is 0 Å². The van der Waals surface area contributed by atoms with Gasteiger partial charge in [-0.1, -0.05) is 36.4 Å². The molecule has 6 nitrogen and oxygen atoms in total. The van der Waals surface area contributed by atoms with Crippen LogP contribution >= 0.6 is 11.6 Å². The third kappa shape index (κ3) is 7.86. The fraction of sp³-hybridized carbons (Fsp3) is 0.375. The number of sulfonamides is 1. The van der Waals surface area contributed by atoms with E-state index >= 15 is 0 Å². The molecule has 0 unspecified atom stereocenters. The van der Waals surface area contributed by atoms with E-state index in [0.717, 1.165) is 5.56 Å². The van der Waals surface area contributed by atoms with Crippen molar-refractivity contribution in [3.63, 3.8) is 0 Å². The van der Waals surface area contributed by atoms with Crippen LogP contribution in [0.2, 0.25) is 5.02 Å². The Kier molecular flexibility index (Phi) is 8.73. The summed E-state index contributed by atoms with van der Waals surface area (Å²) in [5, 5.41) is 0.454. The largest absolute Gasteiger partial charge is 0.481 e. The molecule has 0 amide bonds. The van der Waals surface area contributed by atoms with Crippen molar-refractivity contribution < 1.29 is 22.7 Å². The number of carbonyl (C=O) groups excluding carboxylic acids is 1. The number of carbonyl (C=O) groups is 1. The lowest BCUT2D eigenvalue weighted by Crippen LogP contribution is -2.27. The van der Waals surface area contributed by atoms with E-state index in [-0.39, 0.29) is 11.5 Å². The van der Waals surface area contributed by atoms with E-state index < -0.39 is 21.6 Å². The van der Waals surface area contributed by atoms with Crippen LogP contribution in [0.5, 0.6) is 5.75 Å². The molecule has 0 atom stereocenters. The van der Waals surface area contributed by atoms with Crippen LogP contribution in [-0.4, -0.2) is 33.1 Å². The van der Waals surface area contributed by atoms with Crippen molar-refractivity contribution in [3.05, 3.63) is 58.1 Å². The zero-order valence-electron chi connectivity index (χ0n) is 18.9. The van der Waals surface area contributed by atoms with Gasteiger partial charge < -0.3 is 9.47 Å². The number of esters is 1. The minimum Gasteiger partial charge on any atom is -0.481 e. The van der Waals surface area contributed by atoms with E-state index in [1.807, 2.05) is 13.8 Å². The zero-order valence-corrected chi connectivity index (χ0v) is 20.5. The molecule has 0 bridgehead atoms. The molecule has 0 aliphatic heterocycles. The van der Waals surface area contributed by atoms with Crippen LogP contribution in [0, 0.1) is 18.8 Å². The van der Waals surface area contributed by atoms with Gasteiger partial charge in [0.2, 0.25) is 10.0 Å². The summed E-state index contributed by atoms with van der Waals surface area (Å²) in [6.45, 7) is 9.15. The molecule has 0 aromatic heterocycles. The molecule has 2 rings (SSSR count). The summed E-state index contributed by atoms with van der Waals surface area (Å²) >= 11 is 6.11. The van der Waals surface area contributed by atoms with Gasteiger partial charge in [0, 0.05) is 17.1 Å². The van der Waals surface area contributed by atoms with Gasteiger partial charge in [-0.15, -0.1) is 0 Å². The predicted octanol–water partition coefficient (Wildman–Crippen LogP) is 4.46. The van der Waals surface area contributed by atoms with Crippen LogP contribution in [-0.2, 0) is 19.6 Å². The topological polar surface area (TPSA) is 81.7 Å². The lowest BCUT2D eigenvalue weighted by atomic mass is 10.1. The highest BCUT2D eigenvalue weighted by Crippen LogP contribution is 2.23. The predicted molar refractivity (Wildman–Crippen MR) is 125 cm³/mol. The average Bonchev–Trinajstić information content (AvgIpc) is 2.69. The Morgan fingerprint density at radius 2 is 1.78 bits per heavy atom. The third-order valence-electron chi connectivity index (χ3n) is 4.10. The maximum absolute atomic E-state index is 12.4. The normalized spacial score (nSPS) is 11.4. The van der Waals surface area contributed by atoms with Crippen molar-refractivity contribution in [3.8, 4) is 17.6 Å². The molecule has 0 spiro atoms. The maximum atomic E-state index is 12.4. The van der Waals surface area contributed by atoms with Crippen LogP contribution in [0.3, 0.4) is 0 Å². The van der Waals surface area contributed by atoms with Crippen molar-refractivity contribution >= 4 is 27.6 Å². The SMILES string of the molecule is CCCNS(=O)(=O)c1ccc(C)c(C#Cc2cc(Cl)ccc2OCC(=O)OC(C)(C)C)c1. The van der Waals surface area contributed by atoms with E-state index in [4.69, 9.17) is 21.1 Å². The molecule has 0 radical (unpaired) electrons. The van der Waals surface area contributed by atoms with E-state index in [2.05, 4.69) is 16.6 Å². The summed E-state index contributed by atoms with van der Waals surface area (Å²) in [5.41, 5.74) is 1.24. The Morgan fingerprint density at radius 1 is 1.09 bits per heavy atom. The molecule has 2 aromatic carbocycles. The first-order valence-corrected chi connectivity index (χ1v) is 12.0. The van der Waals surface area contributed by atoms with Crippen LogP contribution in [0.1, 0.15) is 50.8 Å². The summed E-state index contributed by atoms with van der Waals surface area (Å²) in [6, 6.07) is 9.67. The standard InChI is InChI=1S/C24H28ClNO5S/c1-6-13-26-32(28,29)21-11-7-17(2)18(15-21)8-9-19-14-20(25)10-12-22(19)30-16-23(27)31-24(3,4)5/h7,10-12,14-15,26H,6,13,16H2,1-5H3. The second-order valence-electron chi connectivity index (χ2n) is 8.14. The molecule has 0 fully saturated rings. The molecule has 0 saturated carbocycles. The first-order valence-electron chi connectivity index (χ1n) is 10.2. The van der Waals surface area contributed by atoms with E-state index in [0.29, 0.717) is 34.9 Å². The lowest BCUT2D eigenvalue weighted by molar-refractivity contribution is -0.157. The van der Waals surface area contributed by atoms with Crippen molar-refractivity contribution in [1.82, 2.24) is 4.72 Å². The van der Waals surface area contributed by atoms with E-state index in [1.54, 1.807) is 51.1 Å². The quantitative estimate of drug-likeness (QED) is 0.470. The van der Waals surface area contributed by atoms with E-state index in [9.17, 15) is 13.2 Å². The van der Waals surface area contributed by atoms with Crippen LogP contribution < -0.4 is 9.46 Å². The molecular formula is C24H28ClNO5S. The summed E-state index contributed by atoms with van der Waals surface area (Å²) < 4.78 is 38.3. The summed E-state index contributed by atoms with van der Waals surface area (Å²) in [4.78, 5) is 12.1. The minimum atomic E-state index is -3.61. The number of benzene rings is 2. The van der Waals surface area contributed by atoms with Gasteiger partial charge in [0.05, 0.1) is 10.5 Å². The number of rotatable bonds is 7. The first kappa shape index (κ1) is 25.7. The molecule has 0 saturated heterocycles. The van der Waals surface area contributed by atoms with Crippen molar-refractivity contribution in [2.24, 2.45) is 0 Å². The van der Waals surface area contributed by atoms with Gasteiger partial charge in [0.25, 0.3) is 0 Å².